The van der Waals surface area contributed by atoms with Crippen molar-refractivity contribution in [1.29, 1.82) is 5.26 Å². The van der Waals surface area contributed by atoms with Gasteiger partial charge < -0.3 is 5.73 Å². The highest BCUT2D eigenvalue weighted by Gasteiger charge is 2.08. The lowest BCUT2D eigenvalue weighted by Crippen LogP contribution is -2.00. The van der Waals surface area contributed by atoms with E-state index in [9.17, 15) is 0 Å². The highest BCUT2D eigenvalue weighted by molar-refractivity contribution is 5.52. The minimum Gasteiger partial charge on any atom is -0.399 e. The van der Waals surface area contributed by atoms with Crippen molar-refractivity contribution in [3.63, 3.8) is 0 Å². The third kappa shape index (κ3) is 2.05. The van der Waals surface area contributed by atoms with E-state index in [-0.39, 0.29) is 0 Å². The molecule has 0 saturated heterocycles. The zero-order valence-electron chi connectivity index (χ0n) is 8.96. The van der Waals surface area contributed by atoms with Crippen LogP contribution < -0.4 is 5.73 Å². The van der Waals surface area contributed by atoms with Gasteiger partial charge in [-0.05, 0) is 35.6 Å². The summed E-state index contributed by atoms with van der Waals surface area (Å²) in [7, 11) is 0. The molecule has 2 nitrogen and oxygen atoms in total. The van der Waals surface area contributed by atoms with Gasteiger partial charge in [0.25, 0.3) is 0 Å². The first-order valence-electron chi connectivity index (χ1n) is 4.82. The molecule has 0 heterocycles. The van der Waals surface area contributed by atoms with Gasteiger partial charge in [0, 0.05) is 5.69 Å². The maximum absolute atomic E-state index is 8.70. The molecule has 0 amide bonds. The first kappa shape index (κ1) is 10.6. The Kier molecular flexibility index (Phi) is 3.14. The lowest BCUT2D eigenvalue weighted by molar-refractivity contribution is 0.851. The molecule has 0 bridgehead atoms. The lowest BCUT2D eigenvalue weighted by Gasteiger charge is -2.13. The highest BCUT2D eigenvalue weighted by atomic mass is 14.6. The predicted octanol–water partition coefficient (Wildman–Crippen LogP) is 2.77. The number of aryl methyl sites for hydroxylation is 1. The van der Waals surface area contributed by atoms with Gasteiger partial charge in [0.2, 0.25) is 0 Å². The molecular formula is C12H16N2. The van der Waals surface area contributed by atoms with Crippen LogP contribution in [0.25, 0.3) is 0 Å². The van der Waals surface area contributed by atoms with E-state index in [1.54, 1.807) is 0 Å². The molecule has 0 aliphatic carbocycles. The third-order valence-electron chi connectivity index (χ3n) is 2.42. The minimum atomic E-state index is 0.418. The topological polar surface area (TPSA) is 49.8 Å². The summed E-state index contributed by atoms with van der Waals surface area (Å²) in [6.45, 7) is 6.20. The average Bonchev–Trinajstić information content (AvgIpc) is 2.11. The smallest absolute Gasteiger partial charge is 0.0669 e. The molecule has 0 atom stereocenters. The number of anilines is 1. The highest BCUT2D eigenvalue weighted by Crippen LogP contribution is 2.25. The molecule has 0 radical (unpaired) electrons. The van der Waals surface area contributed by atoms with Gasteiger partial charge in [-0.3, -0.25) is 0 Å². The molecule has 0 unspecified atom stereocenters. The summed E-state index contributed by atoms with van der Waals surface area (Å²) in [5.41, 5.74) is 10.0. The van der Waals surface area contributed by atoms with Gasteiger partial charge in [-0.25, -0.2) is 0 Å². The lowest BCUT2D eigenvalue weighted by atomic mass is 9.93. The van der Waals surface area contributed by atoms with E-state index in [1.807, 2.05) is 19.1 Å². The molecule has 2 N–H and O–H groups in total. The Bertz CT molecular complexity index is 373. The Labute approximate surface area is 85.4 Å². The number of hydrogen-bond donors (Lipinski definition) is 1. The summed E-state index contributed by atoms with van der Waals surface area (Å²) in [6, 6.07) is 6.20. The van der Waals surface area contributed by atoms with Crippen LogP contribution in [-0.2, 0) is 6.42 Å². The molecule has 14 heavy (non-hydrogen) atoms. The number of rotatable bonds is 2. The van der Waals surface area contributed by atoms with E-state index in [2.05, 4.69) is 19.9 Å². The molecule has 0 aliphatic heterocycles. The SMILES string of the molecule is Cc1cc(CC#N)c(C(C)C)cc1N. The van der Waals surface area contributed by atoms with Crippen molar-refractivity contribution in [2.24, 2.45) is 0 Å². The third-order valence-corrected chi connectivity index (χ3v) is 2.42. The molecule has 1 aromatic rings. The number of nitriles is 1. The summed E-state index contributed by atoms with van der Waals surface area (Å²) < 4.78 is 0. The standard InChI is InChI=1S/C12H16N2/c1-8(2)11-7-12(14)9(3)6-10(11)4-5-13/h6-8H,4,14H2,1-3H3. The van der Waals surface area contributed by atoms with Crippen LogP contribution in [0.15, 0.2) is 12.1 Å². The Hall–Kier alpha value is -1.49. The Morgan fingerprint density at radius 3 is 2.57 bits per heavy atom. The van der Waals surface area contributed by atoms with Crippen LogP contribution in [0.3, 0.4) is 0 Å². The number of nitrogen functional groups attached to an aromatic ring is 1. The first-order valence-corrected chi connectivity index (χ1v) is 4.82. The van der Waals surface area contributed by atoms with E-state index >= 15 is 0 Å². The van der Waals surface area contributed by atoms with Gasteiger partial charge in [-0.15, -0.1) is 0 Å². The first-order chi connectivity index (χ1) is 6.56. The monoisotopic (exact) mass is 188 g/mol. The van der Waals surface area contributed by atoms with E-state index in [0.717, 1.165) is 16.8 Å². The number of nitrogens with two attached hydrogens (primary N) is 1. The van der Waals surface area contributed by atoms with Crippen molar-refractivity contribution in [3.8, 4) is 6.07 Å². The van der Waals surface area contributed by atoms with Crippen LogP contribution in [0.2, 0.25) is 0 Å². The van der Waals surface area contributed by atoms with Crippen molar-refractivity contribution >= 4 is 5.69 Å². The van der Waals surface area contributed by atoms with E-state index in [1.165, 1.54) is 5.56 Å². The fourth-order valence-corrected chi connectivity index (χ4v) is 1.58. The average molecular weight is 188 g/mol. The molecule has 1 aromatic carbocycles. The second kappa shape index (κ2) is 4.15. The normalized spacial score (nSPS) is 10.2. The second-order valence-electron chi connectivity index (χ2n) is 3.90. The van der Waals surface area contributed by atoms with Crippen LogP contribution >= 0.6 is 0 Å². The maximum atomic E-state index is 8.70. The second-order valence-corrected chi connectivity index (χ2v) is 3.90. The fourth-order valence-electron chi connectivity index (χ4n) is 1.58. The summed E-state index contributed by atoms with van der Waals surface area (Å²) in [4.78, 5) is 0. The predicted molar refractivity (Wildman–Crippen MR) is 59.0 cm³/mol. The van der Waals surface area contributed by atoms with E-state index in [4.69, 9.17) is 11.0 Å². The molecule has 0 fully saturated rings. The van der Waals surface area contributed by atoms with E-state index < -0.39 is 0 Å². The molecule has 2 heteroatoms. The Morgan fingerprint density at radius 1 is 1.43 bits per heavy atom. The van der Waals surface area contributed by atoms with Crippen LogP contribution in [-0.4, -0.2) is 0 Å². The van der Waals surface area contributed by atoms with Crippen molar-refractivity contribution < 1.29 is 0 Å². The summed E-state index contributed by atoms with van der Waals surface area (Å²) >= 11 is 0. The molecule has 1 rings (SSSR count). The number of benzene rings is 1. The quantitative estimate of drug-likeness (QED) is 0.725. The zero-order chi connectivity index (χ0) is 10.7. The summed E-state index contributed by atoms with van der Waals surface area (Å²) in [5, 5.41) is 8.70. The van der Waals surface area contributed by atoms with Crippen molar-refractivity contribution in [3.05, 3.63) is 28.8 Å². The van der Waals surface area contributed by atoms with Crippen LogP contribution in [0.1, 0.15) is 36.5 Å². The van der Waals surface area contributed by atoms with Gasteiger partial charge in [-0.2, -0.15) is 5.26 Å². The Morgan fingerprint density at radius 2 is 2.07 bits per heavy atom. The van der Waals surface area contributed by atoms with Crippen LogP contribution in [0.4, 0.5) is 5.69 Å². The Balaban J connectivity index is 3.25. The summed E-state index contributed by atoms with van der Waals surface area (Å²) in [6.07, 6.45) is 0.467. The molecule has 0 aromatic heterocycles. The molecule has 0 spiro atoms. The largest absolute Gasteiger partial charge is 0.399 e. The van der Waals surface area contributed by atoms with Crippen molar-refractivity contribution in [2.75, 3.05) is 5.73 Å². The van der Waals surface area contributed by atoms with Gasteiger partial charge in [0.1, 0.15) is 0 Å². The minimum absolute atomic E-state index is 0.418. The fraction of sp³-hybridized carbons (Fsp3) is 0.417. The van der Waals surface area contributed by atoms with Gasteiger partial charge in [-0.1, -0.05) is 19.9 Å². The van der Waals surface area contributed by atoms with Crippen molar-refractivity contribution in [1.82, 2.24) is 0 Å². The van der Waals surface area contributed by atoms with E-state index in [0.29, 0.717) is 12.3 Å². The van der Waals surface area contributed by atoms with Crippen molar-refractivity contribution in [2.45, 2.75) is 33.1 Å². The molecule has 0 aliphatic rings. The number of hydrogen-bond acceptors (Lipinski definition) is 2. The van der Waals surface area contributed by atoms with Gasteiger partial charge in [0.05, 0.1) is 12.5 Å². The molecule has 74 valence electrons. The summed E-state index contributed by atoms with van der Waals surface area (Å²) in [5.74, 6) is 0.418. The molecule has 0 saturated carbocycles. The molecular weight excluding hydrogens is 172 g/mol. The maximum Gasteiger partial charge on any atom is 0.0669 e. The van der Waals surface area contributed by atoms with Crippen LogP contribution in [0, 0.1) is 18.3 Å². The number of nitrogens with zero attached hydrogens (tertiary/aromatic N) is 1. The zero-order valence-corrected chi connectivity index (χ0v) is 8.96. The van der Waals surface area contributed by atoms with Crippen LogP contribution in [0.5, 0.6) is 0 Å². The van der Waals surface area contributed by atoms with Gasteiger partial charge in [0.15, 0.2) is 0 Å². The van der Waals surface area contributed by atoms with Gasteiger partial charge >= 0.3 is 0 Å².